The van der Waals surface area contributed by atoms with Crippen molar-refractivity contribution in [3.05, 3.63) is 122 Å². The van der Waals surface area contributed by atoms with Crippen LogP contribution < -0.4 is 5.73 Å². The minimum Gasteiger partial charge on any atom is -0.462 e. The van der Waals surface area contributed by atoms with Crippen molar-refractivity contribution in [3.8, 4) is 0 Å². The van der Waals surface area contributed by atoms with Crippen LogP contribution in [0.2, 0.25) is 0 Å². The number of rotatable bonds is 71. The third kappa shape index (κ3) is 75.3. The summed E-state index contributed by atoms with van der Waals surface area (Å²) >= 11 is 0. The summed E-state index contributed by atoms with van der Waals surface area (Å²) in [6, 6.07) is 0. The molecule has 0 heterocycles. The van der Waals surface area contributed by atoms with Gasteiger partial charge in [-0.1, -0.05) is 354 Å². The number of ether oxygens (including phenoxy) is 2. The predicted octanol–water partition coefficient (Wildman–Crippen LogP) is 25.4. The Bertz CT molecular complexity index is 1910. The first-order valence-electron chi connectivity index (χ1n) is 38.0. The van der Waals surface area contributed by atoms with Crippen molar-refractivity contribution >= 4 is 19.8 Å². The molecule has 0 aliphatic carbocycles. The second kappa shape index (κ2) is 75.4. The van der Waals surface area contributed by atoms with Crippen LogP contribution >= 0.6 is 7.82 Å². The molecule has 0 aromatic rings. The van der Waals surface area contributed by atoms with Crippen LogP contribution in [0, 0.1) is 0 Å². The molecule has 0 aliphatic rings. The summed E-state index contributed by atoms with van der Waals surface area (Å²) in [6.07, 6.45) is 106. The minimum absolute atomic E-state index is 0.0511. The zero-order chi connectivity index (χ0) is 65.8. The number of phosphoric ester groups is 1. The maximum absolute atomic E-state index is 12.8. The van der Waals surface area contributed by atoms with Gasteiger partial charge in [-0.05, 0) is 103 Å². The lowest BCUT2D eigenvalue weighted by molar-refractivity contribution is -0.161. The topological polar surface area (TPSA) is 134 Å². The van der Waals surface area contributed by atoms with Gasteiger partial charge in [0.2, 0.25) is 0 Å². The first-order chi connectivity index (χ1) is 44.8. The van der Waals surface area contributed by atoms with E-state index >= 15 is 0 Å². The van der Waals surface area contributed by atoms with E-state index in [1.165, 1.54) is 212 Å². The monoisotopic (exact) mass is 1290 g/mol. The molecule has 2 atom stereocenters. The Kier molecular flexibility index (Phi) is 72.5. The van der Waals surface area contributed by atoms with Crippen molar-refractivity contribution in [2.24, 2.45) is 5.73 Å². The number of allylic oxidation sites excluding steroid dienone is 20. The number of hydrogen-bond donors (Lipinski definition) is 2. The Morgan fingerprint density at radius 1 is 0.330 bits per heavy atom. The average molecular weight is 1290 g/mol. The molecule has 0 rings (SSSR count). The fourth-order valence-corrected chi connectivity index (χ4v) is 11.6. The summed E-state index contributed by atoms with van der Waals surface area (Å²) in [5.41, 5.74) is 5.41. The van der Waals surface area contributed by atoms with Gasteiger partial charge in [0.05, 0.1) is 13.2 Å². The van der Waals surface area contributed by atoms with E-state index in [0.717, 1.165) is 103 Å². The summed E-state index contributed by atoms with van der Waals surface area (Å²) < 4.78 is 33.3. The van der Waals surface area contributed by atoms with Crippen LogP contribution in [-0.2, 0) is 32.7 Å². The fraction of sp³-hybridized carbons (Fsp3) is 0.728. The standard InChI is InChI=1S/C81H142NO8P/c1-3-5-7-9-11-13-15-17-19-21-23-25-27-29-31-33-35-37-38-39-40-42-43-45-47-49-51-53-55-57-59-61-63-65-67-69-71-73-80(83)87-77-79(78-89-91(85,86)88-76-75-82)90-81(84)74-72-70-68-66-64-62-60-58-56-54-52-50-48-46-44-41-36-34-32-30-28-26-24-22-20-18-16-14-12-10-8-6-4-2/h5-8,11-14,17-20,23-26,30,32,36,41,79H,3-4,9-10,15-16,21-22,27-29,31,33-35,37-40,42-78,82H2,1-2H3,(H,85,86)/b7-5-,8-6-,13-11-,14-12-,19-17-,20-18-,25-23-,26-24-,32-30-,41-36-. The normalized spacial score (nSPS) is 13.6. The zero-order valence-electron chi connectivity index (χ0n) is 59.1. The summed E-state index contributed by atoms with van der Waals surface area (Å²) in [6.45, 7) is 3.56. The largest absolute Gasteiger partial charge is 0.472 e. The predicted molar refractivity (Wildman–Crippen MR) is 394 cm³/mol. The van der Waals surface area contributed by atoms with Gasteiger partial charge >= 0.3 is 19.8 Å². The minimum atomic E-state index is -4.40. The molecule has 0 bridgehead atoms. The maximum Gasteiger partial charge on any atom is 0.472 e. The Balaban J connectivity index is 3.82. The van der Waals surface area contributed by atoms with Gasteiger partial charge in [-0.2, -0.15) is 0 Å². The Morgan fingerprint density at radius 3 is 0.846 bits per heavy atom. The van der Waals surface area contributed by atoms with Crippen LogP contribution in [0.5, 0.6) is 0 Å². The summed E-state index contributed by atoms with van der Waals surface area (Å²) in [5, 5.41) is 0. The van der Waals surface area contributed by atoms with Crippen molar-refractivity contribution in [2.75, 3.05) is 26.4 Å². The molecule has 0 aliphatic heterocycles. The van der Waals surface area contributed by atoms with Crippen molar-refractivity contribution in [1.82, 2.24) is 0 Å². The SMILES string of the molecule is CC/C=C\C/C=C\C/C=C\C/C=C\C/C=C\C/C=C\CCCCCCCCCCCCCCCCC(=O)OC(COC(=O)CCCCCCCCCCCCCCCCCCCCCCCCCC/C=C\C/C=C\C/C=C\C/C=C\CC)COP(=O)(O)OCCN. The summed E-state index contributed by atoms with van der Waals surface area (Å²) in [7, 11) is -4.40. The lowest BCUT2D eigenvalue weighted by atomic mass is 10.0. The van der Waals surface area contributed by atoms with Gasteiger partial charge < -0.3 is 20.1 Å². The van der Waals surface area contributed by atoms with Gasteiger partial charge in [-0.25, -0.2) is 4.57 Å². The van der Waals surface area contributed by atoms with E-state index in [2.05, 4.69) is 135 Å². The molecule has 0 saturated heterocycles. The molecular formula is C81H142NO8P. The van der Waals surface area contributed by atoms with Crippen molar-refractivity contribution in [3.63, 3.8) is 0 Å². The van der Waals surface area contributed by atoms with Crippen LogP contribution in [0.3, 0.4) is 0 Å². The lowest BCUT2D eigenvalue weighted by Gasteiger charge is -2.19. The van der Waals surface area contributed by atoms with Gasteiger partial charge in [0.15, 0.2) is 6.10 Å². The van der Waals surface area contributed by atoms with E-state index < -0.39 is 26.5 Å². The first kappa shape index (κ1) is 87.4. The number of nitrogens with two attached hydrogens (primary N) is 1. The van der Waals surface area contributed by atoms with Crippen LogP contribution in [0.25, 0.3) is 0 Å². The molecule has 0 spiro atoms. The Hall–Kier alpha value is -3.59. The second-order valence-electron chi connectivity index (χ2n) is 25.1. The van der Waals surface area contributed by atoms with Gasteiger partial charge in [0.25, 0.3) is 0 Å². The molecule has 0 amide bonds. The molecule has 0 fully saturated rings. The van der Waals surface area contributed by atoms with E-state index in [1.807, 2.05) is 0 Å². The number of esters is 2. The van der Waals surface area contributed by atoms with E-state index in [-0.39, 0.29) is 38.6 Å². The van der Waals surface area contributed by atoms with Crippen LogP contribution in [-0.4, -0.2) is 49.3 Å². The van der Waals surface area contributed by atoms with E-state index in [9.17, 15) is 19.0 Å². The highest BCUT2D eigenvalue weighted by Gasteiger charge is 2.26. The summed E-state index contributed by atoms with van der Waals surface area (Å²) in [4.78, 5) is 35.4. The van der Waals surface area contributed by atoms with E-state index in [0.29, 0.717) is 6.42 Å². The van der Waals surface area contributed by atoms with Crippen LogP contribution in [0.1, 0.15) is 348 Å². The van der Waals surface area contributed by atoms with Gasteiger partial charge in [0, 0.05) is 19.4 Å². The lowest BCUT2D eigenvalue weighted by Crippen LogP contribution is -2.29. The Morgan fingerprint density at radius 2 is 0.571 bits per heavy atom. The molecule has 0 aromatic heterocycles. The number of unbranched alkanes of at least 4 members (excludes halogenated alkanes) is 38. The molecule has 0 aromatic carbocycles. The third-order valence-corrected chi connectivity index (χ3v) is 17.3. The van der Waals surface area contributed by atoms with Crippen molar-refractivity contribution < 1.29 is 37.6 Å². The highest BCUT2D eigenvalue weighted by molar-refractivity contribution is 7.47. The van der Waals surface area contributed by atoms with Gasteiger partial charge in [-0.15, -0.1) is 0 Å². The second-order valence-corrected chi connectivity index (χ2v) is 26.6. The number of phosphoric acid groups is 1. The molecule has 3 N–H and O–H groups in total. The molecule has 10 heteroatoms. The smallest absolute Gasteiger partial charge is 0.462 e. The molecule has 0 radical (unpaired) electrons. The van der Waals surface area contributed by atoms with E-state index in [1.54, 1.807) is 0 Å². The van der Waals surface area contributed by atoms with Gasteiger partial charge in [0.1, 0.15) is 6.61 Å². The van der Waals surface area contributed by atoms with Crippen LogP contribution in [0.4, 0.5) is 0 Å². The average Bonchev–Trinajstić information content (AvgIpc) is 3.74. The highest BCUT2D eigenvalue weighted by Crippen LogP contribution is 2.43. The molecule has 2 unspecified atom stereocenters. The number of carbonyl (C=O) groups excluding carboxylic acids is 2. The molecular weight excluding hydrogens is 1150 g/mol. The molecule has 524 valence electrons. The maximum atomic E-state index is 12.8. The highest BCUT2D eigenvalue weighted by atomic mass is 31.2. The quantitative estimate of drug-likeness (QED) is 0.0264. The first-order valence-corrected chi connectivity index (χ1v) is 39.5. The van der Waals surface area contributed by atoms with Crippen molar-refractivity contribution in [1.29, 1.82) is 0 Å². The molecule has 91 heavy (non-hydrogen) atoms. The zero-order valence-corrected chi connectivity index (χ0v) is 59.9. The molecule has 0 saturated carbocycles. The molecule has 9 nitrogen and oxygen atoms in total. The third-order valence-electron chi connectivity index (χ3n) is 16.3. The number of hydrogen-bond acceptors (Lipinski definition) is 8. The number of carbonyl (C=O) groups is 2. The summed E-state index contributed by atoms with van der Waals surface area (Å²) in [5.74, 6) is -0.817. The Labute approximate surface area is 561 Å². The van der Waals surface area contributed by atoms with E-state index in [4.69, 9.17) is 24.3 Å². The van der Waals surface area contributed by atoms with Gasteiger partial charge in [-0.3, -0.25) is 18.6 Å². The van der Waals surface area contributed by atoms with Crippen molar-refractivity contribution in [2.45, 2.75) is 354 Å². The van der Waals surface area contributed by atoms with Crippen LogP contribution in [0.15, 0.2) is 122 Å². The fourth-order valence-electron chi connectivity index (χ4n) is 10.8.